The Balaban J connectivity index is 3.07. The first-order valence-corrected chi connectivity index (χ1v) is 6.21. The van der Waals surface area contributed by atoms with E-state index in [4.69, 9.17) is 10.8 Å². The Kier molecular flexibility index (Phi) is 3.49. The largest absolute Gasteiger partial charge is 0.475 e. The third-order valence-corrected chi connectivity index (χ3v) is 3.59. The molecule has 0 aliphatic heterocycles. The predicted molar refractivity (Wildman–Crippen MR) is 59.3 cm³/mol. The number of nitrogens with one attached hydrogen (secondary N) is 1. The van der Waals surface area contributed by atoms with Gasteiger partial charge in [0.15, 0.2) is 0 Å². The molecule has 0 fully saturated rings. The van der Waals surface area contributed by atoms with Crippen LogP contribution in [0.2, 0.25) is 0 Å². The van der Waals surface area contributed by atoms with Crippen LogP contribution < -0.4 is 10.5 Å². The van der Waals surface area contributed by atoms with E-state index in [1.54, 1.807) is 0 Å². The van der Waals surface area contributed by atoms with Crippen molar-refractivity contribution in [1.82, 2.24) is 4.72 Å². The Morgan fingerprint density at radius 2 is 1.94 bits per heavy atom. The van der Waals surface area contributed by atoms with E-state index < -0.39 is 38.3 Å². The highest BCUT2D eigenvalue weighted by Gasteiger charge is 2.33. The van der Waals surface area contributed by atoms with Crippen molar-refractivity contribution in [3.8, 4) is 0 Å². The normalized spacial score (nSPS) is 12.3. The van der Waals surface area contributed by atoms with Crippen LogP contribution in [0.15, 0.2) is 21.6 Å². The van der Waals surface area contributed by atoms with Gasteiger partial charge in [0, 0.05) is 0 Å². The average Bonchev–Trinajstić information content (AvgIpc) is 2.64. The molecule has 1 rings (SSSR count). The highest BCUT2D eigenvalue weighted by molar-refractivity contribution is 7.89. The minimum atomic E-state index is -4.16. The van der Waals surface area contributed by atoms with E-state index in [9.17, 15) is 18.0 Å². The maximum Gasteiger partial charge on any atom is 0.371 e. The molecule has 100 valence electrons. The molecule has 0 saturated carbocycles. The molecule has 0 spiro atoms. The van der Waals surface area contributed by atoms with Crippen molar-refractivity contribution in [3.05, 3.63) is 17.9 Å². The highest BCUT2D eigenvalue weighted by atomic mass is 32.2. The monoisotopic (exact) mass is 276 g/mol. The SMILES string of the molecule is CC(C)(NS(=O)(=O)c1ccc(C(=O)O)o1)C(N)=O. The lowest BCUT2D eigenvalue weighted by molar-refractivity contribution is -0.122. The van der Waals surface area contributed by atoms with E-state index >= 15 is 0 Å². The van der Waals surface area contributed by atoms with Crippen LogP contribution in [0.5, 0.6) is 0 Å². The van der Waals surface area contributed by atoms with Crippen LogP contribution in [-0.2, 0) is 14.8 Å². The van der Waals surface area contributed by atoms with Gasteiger partial charge in [-0.15, -0.1) is 0 Å². The number of hydrogen-bond acceptors (Lipinski definition) is 5. The Morgan fingerprint density at radius 1 is 1.39 bits per heavy atom. The number of hydrogen-bond donors (Lipinski definition) is 3. The molecule has 1 amide bonds. The Labute approximate surface area is 103 Å². The van der Waals surface area contributed by atoms with E-state index in [1.165, 1.54) is 13.8 Å². The third-order valence-electron chi connectivity index (χ3n) is 2.06. The molecule has 9 heteroatoms. The molecule has 0 atom stereocenters. The molecule has 1 heterocycles. The topological polar surface area (TPSA) is 140 Å². The van der Waals surface area contributed by atoms with Crippen LogP contribution in [0, 0.1) is 0 Å². The molecule has 0 saturated heterocycles. The average molecular weight is 276 g/mol. The Morgan fingerprint density at radius 3 is 2.33 bits per heavy atom. The summed E-state index contributed by atoms with van der Waals surface area (Å²) in [6.07, 6.45) is 0. The summed E-state index contributed by atoms with van der Waals surface area (Å²) in [5.74, 6) is -2.80. The van der Waals surface area contributed by atoms with Crippen LogP contribution in [0.3, 0.4) is 0 Å². The molecule has 0 bridgehead atoms. The van der Waals surface area contributed by atoms with Gasteiger partial charge in [0.05, 0.1) is 0 Å². The van der Waals surface area contributed by atoms with Crippen molar-refractivity contribution in [2.45, 2.75) is 24.5 Å². The van der Waals surface area contributed by atoms with Gasteiger partial charge in [-0.05, 0) is 26.0 Å². The summed E-state index contributed by atoms with van der Waals surface area (Å²) < 4.78 is 30.2. The van der Waals surface area contributed by atoms with Gasteiger partial charge in [0.25, 0.3) is 10.0 Å². The van der Waals surface area contributed by atoms with Crippen molar-refractivity contribution in [2.75, 3.05) is 0 Å². The fraction of sp³-hybridized carbons (Fsp3) is 0.333. The summed E-state index contributed by atoms with van der Waals surface area (Å²) in [6, 6.07) is 1.97. The fourth-order valence-electron chi connectivity index (χ4n) is 1.02. The molecule has 18 heavy (non-hydrogen) atoms. The standard InChI is InChI=1S/C9H12N2O6S/c1-9(2,8(10)14)11-18(15,16)6-4-3-5(17-6)7(12)13/h3-4,11H,1-2H3,(H2,10,14)(H,12,13). The summed E-state index contributed by atoms with van der Waals surface area (Å²) in [4.78, 5) is 21.6. The van der Waals surface area contributed by atoms with Gasteiger partial charge in [-0.1, -0.05) is 0 Å². The van der Waals surface area contributed by atoms with E-state index in [-0.39, 0.29) is 0 Å². The van der Waals surface area contributed by atoms with Gasteiger partial charge in [0.1, 0.15) is 5.54 Å². The number of carbonyl (C=O) groups excluding carboxylic acids is 1. The molecular formula is C9H12N2O6S. The number of rotatable bonds is 5. The first kappa shape index (κ1) is 14.2. The van der Waals surface area contributed by atoms with Gasteiger partial charge in [0.2, 0.25) is 16.8 Å². The number of sulfonamides is 1. The highest BCUT2D eigenvalue weighted by Crippen LogP contribution is 2.16. The number of nitrogens with two attached hydrogens (primary N) is 1. The molecule has 0 radical (unpaired) electrons. The fourth-order valence-corrected chi connectivity index (χ4v) is 2.34. The smallest absolute Gasteiger partial charge is 0.371 e. The predicted octanol–water partition coefficient (Wildman–Crippen LogP) is -0.480. The minimum Gasteiger partial charge on any atom is -0.475 e. The lowest BCUT2D eigenvalue weighted by Gasteiger charge is -2.20. The number of carbonyl (C=O) groups is 2. The van der Waals surface area contributed by atoms with Gasteiger partial charge in [-0.2, -0.15) is 4.72 Å². The lowest BCUT2D eigenvalue weighted by Crippen LogP contribution is -2.52. The minimum absolute atomic E-state index is 0.521. The second-order valence-electron chi connectivity index (χ2n) is 4.02. The maximum absolute atomic E-state index is 11.8. The summed E-state index contributed by atoms with van der Waals surface area (Å²) in [5.41, 5.74) is 3.50. The zero-order chi connectivity index (χ0) is 14.1. The molecule has 0 aliphatic rings. The van der Waals surface area contributed by atoms with Crippen molar-refractivity contribution in [3.63, 3.8) is 0 Å². The molecule has 0 aromatic carbocycles. The van der Waals surface area contributed by atoms with Crippen molar-refractivity contribution in [1.29, 1.82) is 0 Å². The van der Waals surface area contributed by atoms with Crippen LogP contribution in [0.4, 0.5) is 0 Å². The Hall–Kier alpha value is -1.87. The molecule has 1 aromatic rings. The van der Waals surface area contributed by atoms with Gasteiger partial charge in [-0.25, -0.2) is 13.2 Å². The van der Waals surface area contributed by atoms with Crippen LogP contribution in [0.25, 0.3) is 0 Å². The molecule has 8 nitrogen and oxygen atoms in total. The third kappa shape index (κ3) is 2.87. The number of carboxylic acids is 1. The molecular weight excluding hydrogens is 264 g/mol. The molecule has 0 aliphatic carbocycles. The van der Waals surface area contributed by atoms with Crippen LogP contribution in [-0.4, -0.2) is 30.9 Å². The molecule has 1 aromatic heterocycles. The number of aromatic carboxylic acids is 1. The summed E-state index contributed by atoms with van der Waals surface area (Å²) in [5, 5.41) is 8.00. The lowest BCUT2D eigenvalue weighted by atomic mass is 10.1. The van der Waals surface area contributed by atoms with Crippen molar-refractivity contribution >= 4 is 21.9 Å². The Bertz CT molecular complexity index is 586. The first-order valence-electron chi connectivity index (χ1n) is 4.73. The van der Waals surface area contributed by atoms with Gasteiger partial charge < -0.3 is 15.3 Å². The second-order valence-corrected chi connectivity index (χ2v) is 5.63. The maximum atomic E-state index is 11.8. The molecule has 4 N–H and O–H groups in total. The summed E-state index contributed by atoms with van der Waals surface area (Å²) >= 11 is 0. The number of carboxylic acid groups (broad SMARTS) is 1. The first-order chi connectivity index (χ1) is 8.06. The quantitative estimate of drug-likeness (QED) is 0.663. The zero-order valence-corrected chi connectivity index (χ0v) is 10.4. The zero-order valence-electron chi connectivity index (χ0n) is 9.63. The van der Waals surface area contributed by atoms with E-state index in [2.05, 4.69) is 4.42 Å². The van der Waals surface area contributed by atoms with Gasteiger partial charge >= 0.3 is 5.97 Å². The van der Waals surface area contributed by atoms with E-state index in [0.29, 0.717) is 0 Å². The number of amides is 1. The van der Waals surface area contributed by atoms with Crippen molar-refractivity contribution < 1.29 is 27.5 Å². The second kappa shape index (κ2) is 4.42. The number of furan rings is 1. The van der Waals surface area contributed by atoms with Crippen molar-refractivity contribution in [2.24, 2.45) is 5.73 Å². The number of primary amides is 1. The van der Waals surface area contributed by atoms with E-state index in [0.717, 1.165) is 12.1 Å². The molecule has 0 unspecified atom stereocenters. The van der Waals surface area contributed by atoms with Gasteiger partial charge in [-0.3, -0.25) is 4.79 Å². The summed E-state index contributed by atoms with van der Waals surface area (Å²) in [6.45, 7) is 2.54. The van der Waals surface area contributed by atoms with E-state index in [1.807, 2.05) is 4.72 Å². The summed E-state index contributed by atoms with van der Waals surface area (Å²) in [7, 11) is -4.16. The van der Waals surface area contributed by atoms with Crippen LogP contribution in [0.1, 0.15) is 24.4 Å². The van der Waals surface area contributed by atoms with Crippen LogP contribution >= 0.6 is 0 Å².